The first kappa shape index (κ1) is 14.1. The van der Waals surface area contributed by atoms with Crippen LogP contribution in [-0.4, -0.2) is 54.5 Å². The van der Waals surface area contributed by atoms with Crippen LogP contribution in [0.15, 0.2) is 0 Å². The molecule has 6 nitrogen and oxygen atoms in total. The molecule has 2 aliphatic rings. The Kier molecular flexibility index (Phi) is 3.47. The molecule has 108 valence electrons. The quantitative estimate of drug-likeness (QED) is 0.531. The lowest BCUT2D eigenvalue weighted by Gasteiger charge is -2.37. The van der Waals surface area contributed by atoms with E-state index >= 15 is 0 Å². The number of piperidine rings is 1. The van der Waals surface area contributed by atoms with E-state index in [0.29, 0.717) is 19.6 Å². The fourth-order valence-corrected chi connectivity index (χ4v) is 2.29. The predicted octanol–water partition coefficient (Wildman–Crippen LogP) is 1.33. The van der Waals surface area contributed by atoms with E-state index in [9.17, 15) is 9.59 Å². The molecule has 0 radical (unpaired) electrons. The molecule has 0 aliphatic carbocycles. The number of hydrogen-bond donors (Lipinski definition) is 0. The number of ether oxygens (including phenoxy) is 3. The summed E-state index contributed by atoms with van der Waals surface area (Å²) in [7, 11) is 1.32. The van der Waals surface area contributed by atoms with Gasteiger partial charge in [0.25, 0.3) is 0 Å². The van der Waals surface area contributed by atoms with Crippen LogP contribution < -0.4 is 0 Å². The van der Waals surface area contributed by atoms with Gasteiger partial charge in [0.15, 0.2) is 0 Å². The van der Waals surface area contributed by atoms with Crippen molar-refractivity contribution < 1.29 is 23.8 Å². The van der Waals surface area contributed by atoms with Gasteiger partial charge in [-0.25, -0.2) is 9.59 Å². The minimum Gasteiger partial charge on any atom is -0.467 e. The Morgan fingerprint density at radius 2 is 2.00 bits per heavy atom. The van der Waals surface area contributed by atoms with Crippen molar-refractivity contribution in [1.29, 1.82) is 0 Å². The monoisotopic (exact) mass is 271 g/mol. The fourth-order valence-electron chi connectivity index (χ4n) is 2.29. The fraction of sp³-hybridized carbons (Fsp3) is 0.846. The number of carbonyl (C=O) groups is 2. The van der Waals surface area contributed by atoms with E-state index in [1.807, 2.05) is 0 Å². The Hall–Kier alpha value is -1.30. The van der Waals surface area contributed by atoms with Crippen molar-refractivity contribution in [2.24, 2.45) is 0 Å². The van der Waals surface area contributed by atoms with Crippen LogP contribution in [0.5, 0.6) is 0 Å². The van der Waals surface area contributed by atoms with Crippen molar-refractivity contribution in [2.45, 2.75) is 50.9 Å². The average molecular weight is 271 g/mol. The summed E-state index contributed by atoms with van der Waals surface area (Å²) in [5.41, 5.74) is -0.805. The van der Waals surface area contributed by atoms with Crippen LogP contribution in [0.25, 0.3) is 0 Å². The Morgan fingerprint density at radius 3 is 2.47 bits per heavy atom. The molecule has 0 aromatic heterocycles. The van der Waals surface area contributed by atoms with Crippen LogP contribution in [0, 0.1) is 0 Å². The van der Waals surface area contributed by atoms with Gasteiger partial charge in [0.2, 0.25) is 0 Å². The van der Waals surface area contributed by atoms with Crippen molar-refractivity contribution in [2.75, 3.05) is 20.3 Å². The van der Waals surface area contributed by atoms with Crippen LogP contribution in [-0.2, 0) is 19.0 Å². The van der Waals surface area contributed by atoms with Crippen molar-refractivity contribution in [3.63, 3.8) is 0 Å². The zero-order valence-corrected chi connectivity index (χ0v) is 11.9. The summed E-state index contributed by atoms with van der Waals surface area (Å²) in [6, 6.07) is -0.615. The summed E-state index contributed by atoms with van der Waals surface area (Å²) in [5, 5.41) is 0. The van der Waals surface area contributed by atoms with Gasteiger partial charge in [0.1, 0.15) is 11.6 Å². The van der Waals surface area contributed by atoms with Gasteiger partial charge in [-0.1, -0.05) is 0 Å². The molecule has 0 aromatic rings. The third-order valence-corrected chi connectivity index (χ3v) is 3.40. The van der Waals surface area contributed by atoms with E-state index in [-0.39, 0.29) is 5.60 Å². The summed E-state index contributed by atoms with van der Waals surface area (Å²) < 4.78 is 15.5. The molecule has 2 heterocycles. The van der Waals surface area contributed by atoms with Crippen LogP contribution >= 0.6 is 0 Å². The van der Waals surface area contributed by atoms with Crippen molar-refractivity contribution in [3.8, 4) is 0 Å². The molecule has 0 N–H and O–H groups in total. The van der Waals surface area contributed by atoms with Crippen LogP contribution in [0.1, 0.15) is 33.6 Å². The van der Waals surface area contributed by atoms with Crippen LogP contribution in [0.2, 0.25) is 0 Å². The molecular weight excluding hydrogens is 250 g/mol. The van der Waals surface area contributed by atoms with E-state index in [0.717, 1.165) is 6.42 Å². The predicted molar refractivity (Wildman–Crippen MR) is 66.7 cm³/mol. The van der Waals surface area contributed by atoms with Crippen molar-refractivity contribution in [1.82, 2.24) is 4.90 Å². The molecule has 2 aliphatic heterocycles. The van der Waals surface area contributed by atoms with Gasteiger partial charge in [-0.2, -0.15) is 0 Å². The number of esters is 1. The molecule has 0 aromatic carbocycles. The molecule has 0 saturated carbocycles. The first-order chi connectivity index (χ1) is 8.76. The summed E-state index contributed by atoms with van der Waals surface area (Å²) in [4.78, 5) is 25.4. The Bertz CT molecular complexity index is 383. The summed E-state index contributed by atoms with van der Waals surface area (Å²) in [5.74, 6) is -0.416. The van der Waals surface area contributed by atoms with Crippen LogP contribution in [0.4, 0.5) is 4.79 Å². The number of rotatable bonds is 1. The Labute approximate surface area is 113 Å². The van der Waals surface area contributed by atoms with Gasteiger partial charge in [0, 0.05) is 13.0 Å². The SMILES string of the molecule is COC(=O)C1CC2(CCN1C(=O)OC(C)(C)C)CO2. The number of carbonyl (C=O) groups excluding carboxylic acids is 2. The maximum atomic E-state index is 12.1. The highest BCUT2D eigenvalue weighted by atomic mass is 16.6. The molecule has 2 atom stereocenters. The van der Waals surface area contributed by atoms with Gasteiger partial charge < -0.3 is 14.2 Å². The highest BCUT2D eigenvalue weighted by Gasteiger charge is 2.53. The normalized spacial score (nSPS) is 30.1. The smallest absolute Gasteiger partial charge is 0.411 e. The molecule has 2 rings (SSSR count). The molecule has 2 unspecified atom stereocenters. The zero-order chi connectivity index (χ0) is 14.3. The molecule has 6 heteroatoms. The number of hydrogen-bond acceptors (Lipinski definition) is 5. The maximum absolute atomic E-state index is 12.1. The van der Waals surface area contributed by atoms with Gasteiger partial charge in [0.05, 0.1) is 19.3 Å². The zero-order valence-electron chi connectivity index (χ0n) is 11.9. The molecule has 19 heavy (non-hydrogen) atoms. The molecule has 2 fully saturated rings. The molecule has 1 amide bonds. The lowest BCUT2D eigenvalue weighted by molar-refractivity contribution is -0.149. The highest BCUT2D eigenvalue weighted by molar-refractivity contribution is 5.82. The number of nitrogens with zero attached hydrogens (tertiary/aromatic N) is 1. The Balaban J connectivity index is 2.08. The van der Waals surface area contributed by atoms with Crippen molar-refractivity contribution >= 4 is 12.1 Å². The van der Waals surface area contributed by atoms with E-state index in [1.54, 1.807) is 20.8 Å². The van der Waals surface area contributed by atoms with E-state index < -0.39 is 23.7 Å². The second kappa shape index (κ2) is 4.67. The van der Waals surface area contributed by atoms with Gasteiger partial charge in [-0.3, -0.25) is 4.90 Å². The number of methoxy groups -OCH3 is 1. The first-order valence-corrected chi connectivity index (χ1v) is 6.48. The van der Waals surface area contributed by atoms with E-state index in [2.05, 4.69) is 0 Å². The lowest BCUT2D eigenvalue weighted by atomic mass is 9.91. The largest absolute Gasteiger partial charge is 0.467 e. The molecule has 0 bridgehead atoms. The maximum Gasteiger partial charge on any atom is 0.411 e. The highest BCUT2D eigenvalue weighted by Crippen LogP contribution is 2.41. The first-order valence-electron chi connectivity index (χ1n) is 6.48. The topological polar surface area (TPSA) is 68.4 Å². The van der Waals surface area contributed by atoms with E-state index in [1.165, 1.54) is 12.0 Å². The second-order valence-corrected chi connectivity index (χ2v) is 6.14. The molecule has 2 saturated heterocycles. The third-order valence-electron chi connectivity index (χ3n) is 3.40. The average Bonchev–Trinajstić information content (AvgIpc) is 3.05. The lowest BCUT2D eigenvalue weighted by Crippen LogP contribution is -2.53. The van der Waals surface area contributed by atoms with Gasteiger partial charge >= 0.3 is 12.1 Å². The van der Waals surface area contributed by atoms with Gasteiger partial charge in [-0.05, 0) is 27.2 Å². The van der Waals surface area contributed by atoms with Crippen LogP contribution in [0.3, 0.4) is 0 Å². The summed E-state index contributed by atoms with van der Waals surface area (Å²) >= 11 is 0. The minimum absolute atomic E-state index is 0.225. The number of amides is 1. The number of epoxide rings is 1. The molecular formula is C13H21NO5. The van der Waals surface area contributed by atoms with E-state index in [4.69, 9.17) is 14.2 Å². The standard InChI is InChI=1S/C13H21NO5/c1-12(2,3)19-11(16)14-6-5-13(8-18-13)7-9(14)10(15)17-4/h9H,5-8H2,1-4H3. The molecule has 1 spiro atoms. The Morgan fingerprint density at radius 1 is 1.37 bits per heavy atom. The second-order valence-electron chi connectivity index (χ2n) is 6.14. The van der Waals surface area contributed by atoms with Crippen molar-refractivity contribution in [3.05, 3.63) is 0 Å². The minimum atomic E-state index is -0.615. The van der Waals surface area contributed by atoms with Gasteiger partial charge in [-0.15, -0.1) is 0 Å². The summed E-state index contributed by atoms with van der Waals surface area (Å²) in [6.07, 6.45) is 0.747. The number of likely N-dealkylation sites (tertiary alicyclic amines) is 1. The summed E-state index contributed by atoms with van der Waals surface area (Å²) in [6.45, 7) is 6.51. The third kappa shape index (κ3) is 3.18.